The average molecular weight is 477 g/mol. The van der Waals surface area contributed by atoms with Gasteiger partial charge in [0, 0.05) is 35.8 Å². The number of aryl methyl sites for hydroxylation is 2. The van der Waals surface area contributed by atoms with Gasteiger partial charge in [0.1, 0.15) is 29.3 Å². The zero-order valence-electron chi connectivity index (χ0n) is 20.3. The van der Waals surface area contributed by atoms with Gasteiger partial charge in [-0.2, -0.15) is 0 Å². The van der Waals surface area contributed by atoms with Crippen LogP contribution in [0.3, 0.4) is 0 Å². The number of benzene rings is 2. The van der Waals surface area contributed by atoms with Gasteiger partial charge in [0.05, 0.1) is 17.8 Å². The van der Waals surface area contributed by atoms with Gasteiger partial charge in [-0.1, -0.05) is 19.9 Å². The molecule has 0 saturated carbocycles. The molecular formula is C27H29FN4O3. The first-order valence-corrected chi connectivity index (χ1v) is 11.6. The van der Waals surface area contributed by atoms with Crippen LogP contribution in [0.15, 0.2) is 48.8 Å². The SMILES string of the molecule is Cc1cc(F)cc2c1cc(C)n2CCNc1cc(-c2ccc(C(=O)O)c(OCC(C)C)c2)ncn1. The van der Waals surface area contributed by atoms with E-state index >= 15 is 0 Å². The van der Waals surface area contributed by atoms with E-state index in [-0.39, 0.29) is 17.3 Å². The van der Waals surface area contributed by atoms with Crippen molar-refractivity contribution in [1.82, 2.24) is 14.5 Å². The van der Waals surface area contributed by atoms with E-state index < -0.39 is 5.97 Å². The monoisotopic (exact) mass is 476 g/mol. The highest BCUT2D eigenvalue weighted by Crippen LogP contribution is 2.28. The summed E-state index contributed by atoms with van der Waals surface area (Å²) in [6.45, 7) is 9.56. The number of rotatable bonds is 9. The van der Waals surface area contributed by atoms with Crippen LogP contribution >= 0.6 is 0 Å². The first kappa shape index (κ1) is 24.2. The van der Waals surface area contributed by atoms with Gasteiger partial charge in [-0.3, -0.25) is 0 Å². The molecule has 7 nitrogen and oxygen atoms in total. The summed E-state index contributed by atoms with van der Waals surface area (Å²) in [4.78, 5) is 20.2. The minimum atomic E-state index is -1.04. The number of nitrogens with one attached hydrogen (secondary N) is 1. The number of carboxylic acid groups (broad SMARTS) is 1. The fourth-order valence-corrected chi connectivity index (χ4v) is 4.06. The molecule has 0 saturated heterocycles. The van der Waals surface area contributed by atoms with Crippen LogP contribution in [-0.2, 0) is 6.54 Å². The molecule has 0 bridgehead atoms. The fourth-order valence-electron chi connectivity index (χ4n) is 4.06. The highest BCUT2D eigenvalue weighted by atomic mass is 19.1. The van der Waals surface area contributed by atoms with Gasteiger partial charge in [0.25, 0.3) is 0 Å². The zero-order valence-corrected chi connectivity index (χ0v) is 20.3. The van der Waals surface area contributed by atoms with Crippen LogP contribution < -0.4 is 10.1 Å². The van der Waals surface area contributed by atoms with Gasteiger partial charge in [0.15, 0.2) is 0 Å². The third-order valence-corrected chi connectivity index (χ3v) is 5.79. The molecule has 2 aromatic carbocycles. The van der Waals surface area contributed by atoms with Gasteiger partial charge >= 0.3 is 5.97 Å². The number of aromatic nitrogens is 3. The molecule has 182 valence electrons. The molecule has 0 aliphatic rings. The zero-order chi connectivity index (χ0) is 25.1. The highest BCUT2D eigenvalue weighted by molar-refractivity contribution is 5.92. The minimum absolute atomic E-state index is 0.114. The van der Waals surface area contributed by atoms with Crippen molar-refractivity contribution in [3.8, 4) is 17.0 Å². The summed E-state index contributed by atoms with van der Waals surface area (Å²) in [7, 11) is 0. The number of carbonyl (C=O) groups is 1. The van der Waals surface area contributed by atoms with Crippen LogP contribution in [0.5, 0.6) is 5.75 Å². The van der Waals surface area contributed by atoms with Crippen molar-refractivity contribution in [3.63, 3.8) is 0 Å². The lowest BCUT2D eigenvalue weighted by Gasteiger charge is -2.13. The number of halogens is 1. The Bertz CT molecular complexity index is 1380. The number of nitrogens with zero attached hydrogens (tertiary/aromatic N) is 3. The molecule has 4 aromatic rings. The molecule has 0 fully saturated rings. The van der Waals surface area contributed by atoms with Gasteiger partial charge in [-0.15, -0.1) is 0 Å². The topological polar surface area (TPSA) is 89.3 Å². The number of fused-ring (bicyclic) bond motifs is 1. The lowest BCUT2D eigenvalue weighted by Crippen LogP contribution is -2.12. The Kier molecular flexibility index (Phi) is 7.00. The Labute approximate surface area is 203 Å². The predicted octanol–water partition coefficient (Wildman–Crippen LogP) is 5.70. The molecule has 0 aliphatic carbocycles. The van der Waals surface area contributed by atoms with Gasteiger partial charge in [-0.25, -0.2) is 19.2 Å². The molecule has 0 amide bonds. The first-order valence-electron chi connectivity index (χ1n) is 11.6. The third kappa shape index (κ3) is 5.42. The maximum Gasteiger partial charge on any atom is 0.339 e. The van der Waals surface area contributed by atoms with Gasteiger partial charge in [0.2, 0.25) is 0 Å². The maximum atomic E-state index is 14.0. The van der Waals surface area contributed by atoms with Crippen LogP contribution in [0, 0.1) is 25.6 Å². The molecule has 0 atom stereocenters. The van der Waals surface area contributed by atoms with Crippen molar-refractivity contribution >= 4 is 22.7 Å². The van der Waals surface area contributed by atoms with E-state index in [1.54, 1.807) is 24.3 Å². The van der Waals surface area contributed by atoms with E-state index in [9.17, 15) is 14.3 Å². The van der Waals surface area contributed by atoms with Crippen LogP contribution in [-0.4, -0.2) is 38.8 Å². The predicted molar refractivity (Wildman–Crippen MR) is 135 cm³/mol. The Morgan fingerprint density at radius 1 is 1.14 bits per heavy atom. The lowest BCUT2D eigenvalue weighted by molar-refractivity contribution is 0.0691. The van der Waals surface area contributed by atoms with E-state index in [2.05, 4.69) is 25.9 Å². The first-order chi connectivity index (χ1) is 16.7. The van der Waals surface area contributed by atoms with E-state index in [1.807, 2.05) is 33.8 Å². The molecule has 35 heavy (non-hydrogen) atoms. The van der Waals surface area contributed by atoms with Crippen molar-refractivity contribution in [2.45, 2.75) is 34.2 Å². The third-order valence-electron chi connectivity index (χ3n) is 5.79. The molecule has 2 heterocycles. The summed E-state index contributed by atoms with van der Waals surface area (Å²) < 4.78 is 21.8. The molecule has 0 unspecified atom stereocenters. The van der Waals surface area contributed by atoms with Crippen LogP contribution in [0.25, 0.3) is 22.2 Å². The van der Waals surface area contributed by atoms with Crippen molar-refractivity contribution in [3.05, 3.63) is 71.4 Å². The van der Waals surface area contributed by atoms with E-state index in [0.29, 0.717) is 37.0 Å². The molecule has 2 aromatic heterocycles. The summed E-state index contributed by atoms with van der Waals surface area (Å²) in [6, 6.07) is 11.9. The minimum Gasteiger partial charge on any atom is -0.492 e. The maximum absolute atomic E-state index is 14.0. The number of aromatic carboxylic acids is 1. The summed E-state index contributed by atoms with van der Waals surface area (Å²) >= 11 is 0. The summed E-state index contributed by atoms with van der Waals surface area (Å²) in [5.74, 6) is -0.0685. The standard InChI is InChI=1S/C27H29FN4O3/c1-16(2)14-35-25-11-19(5-6-21(25)27(33)34)23-13-26(31-15-30-23)29-7-8-32-18(4)10-22-17(3)9-20(28)12-24(22)32/h5-6,9-13,15-16H,7-8,14H2,1-4H3,(H,33,34)(H,29,30,31). The molecule has 2 N–H and O–H groups in total. The second-order valence-corrected chi connectivity index (χ2v) is 9.03. The second kappa shape index (κ2) is 10.1. The van der Waals surface area contributed by atoms with Crippen LogP contribution in [0.2, 0.25) is 0 Å². The number of carboxylic acids is 1. The Hall–Kier alpha value is -3.94. The van der Waals surface area contributed by atoms with Crippen molar-refractivity contribution in [2.75, 3.05) is 18.5 Å². The molecule has 0 radical (unpaired) electrons. The fraction of sp³-hybridized carbons (Fsp3) is 0.296. The Balaban J connectivity index is 1.51. The van der Waals surface area contributed by atoms with E-state index in [4.69, 9.17) is 4.74 Å². The normalized spacial score (nSPS) is 11.3. The summed E-state index contributed by atoms with van der Waals surface area (Å²) in [6.07, 6.45) is 1.46. The van der Waals surface area contributed by atoms with Gasteiger partial charge in [-0.05, 0) is 55.7 Å². The smallest absolute Gasteiger partial charge is 0.339 e. The van der Waals surface area contributed by atoms with Crippen molar-refractivity contribution < 1.29 is 19.0 Å². The molecular weight excluding hydrogens is 447 g/mol. The molecule has 4 rings (SSSR count). The van der Waals surface area contributed by atoms with Crippen LogP contribution in [0.1, 0.15) is 35.5 Å². The number of hydrogen-bond acceptors (Lipinski definition) is 5. The summed E-state index contributed by atoms with van der Waals surface area (Å²) in [5, 5.41) is 13.8. The molecule has 8 heteroatoms. The molecule has 0 aliphatic heterocycles. The van der Waals surface area contributed by atoms with Crippen LogP contribution in [0.4, 0.5) is 10.2 Å². The molecule has 0 spiro atoms. The Morgan fingerprint density at radius 2 is 1.94 bits per heavy atom. The number of ether oxygens (including phenoxy) is 1. The van der Waals surface area contributed by atoms with E-state index in [0.717, 1.165) is 27.7 Å². The van der Waals surface area contributed by atoms with Crippen molar-refractivity contribution in [1.29, 1.82) is 0 Å². The van der Waals surface area contributed by atoms with Gasteiger partial charge < -0.3 is 19.7 Å². The van der Waals surface area contributed by atoms with E-state index in [1.165, 1.54) is 12.4 Å². The second-order valence-electron chi connectivity index (χ2n) is 9.03. The summed E-state index contributed by atoms with van der Waals surface area (Å²) in [5.41, 5.74) is 4.35. The Morgan fingerprint density at radius 3 is 2.69 bits per heavy atom. The number of hydrogen-bond donors (Lipinski definition) is 2. The largest absolute Gasteiger partial charge is 0.492 e. The average Bonchev–Trinajstić information content (AvgIpc) is 3.13. The lowest BCUT2D eigenvalue weighted by atomic mass is 10.1. The van der Waals surface area contributed by atoms with Crippen molar-refractivity contribution in [2.24, 2.45) is 5.92 Å². The highest BCUT2D eigenvalue weighted by Gasteiger charge is 2.15. The quantitative estimate of drug-likeness (QED) is 0.322. The number of anilines is 1.